The van der Waals surface area contributed by atoms with Crippen molar-refractivity contribution in [2.75, 3.05) is 13.1 Å². The number of carbonyl (C=O) groups excluding carboxylic acids is 1. The number of benzene rings is 1. The van der Waals surface area contributed by atoms with E-state index in [1.807, 2.05) is 13.0 Å². The van der Waals surface area contributed by atoms with Crippen LogP contribution in [-0.4, -0.2) is 25.1 Å². The molecule has 110 valence electrons. The summed E-state index contributed by atoms with van der Waals surface area (Å²) in [6.07, 6.45) is 1.75. The van der Waals surface area contributed by atoms with Crippen LogP contribution >= 0.6 is 0 Å². The Balaban J connectivity index is 2.03. The molecule has 2 atom stereocenters. The lowest BCUT2D eigenvalue weighted by atomic mass is 10.1. The molecule has 0 saturated heterocycles. The minimum Gasteiger partial charge on any atom is -0.481 e. The van der Waals surface area contributed by atoms with E-state index in [1.165, 1.54) is 11.1 Å². The summed E-state index contributed by atoms with van der Waals surface area (Å²) in [6.45, 7) is 7.42. The zero-order chi connectivity index (χ0) is 14.5. The summed E-state index contributed by atoms with van der Waals surface area (Å²) < 4.78 is 5.72. The Hall–Kier alpha value is -1.55. The van der Waals surface area contributed by atoms with E-state index in [1.54, 1.807) is 6.92 Å². The largest absolute Gasteiger partial charge is 0.481 e. The fourth-order valence-electron chi connectivity index (χ4n) is 2.70. The number of hydrogen-bond acceptors (Lipinski definition) is 3. The molecule has 1 aliphatic rings. The Bertz CT molecular complexity index is 474. The van der Waals surface area contributed by atoms with Crippen molar-refractivity contribution in [1.29, 1.82) is 0 Å². The van der Waals surface area contributed by atoms with E-state index >= 15 is 0 Å². The number of amides is 1. The zero-order valence-electron chi connectivity index (χ0n) is 12.5. The van der Waals surface area contributed by atoms with Crippen molar-refractivity contribution in [1.82, 2.24) is 10.6 Å². The summed E-state index contributed by atoms with van der Waals surface area (Å²) in [6, 6.07) is 6.62. The van der Waals surface area contributed by atoms with Gasteiger partial charge in [-0.3, -0.25) is 4.79 Å². The molecule has 1 aromatic carbocycles. The first-order valence-electron chi connectivity index (χ1n) is 7.46. The lowest BCUT2D eigenvalue weighted by molar-refractivity contribution is -0.127. The van der Waals surface area contributed by atoms with Gasteiger partial charge in [0, 0.05) is 12.6 Å². The van der Waals surface area contributed by atoms with Crippen LogP contribution in [-0.2, 0) is 11.2 Å². The molecule has 0 heterocycles. The molecule has 4 heteroatoms. The van der Waals surface area contributed by atoms with Crippen LogP contribution in [0.2, 0.25) is 0 Å². The smallest absolute Gasteiger partial charge is 0.260 e. The average Bonchev–Trinajstić information content (AvgIpc) is 2.82. The predicted molar refractivity (Wildman–Crippen MR) is 80.0 cm³/mol. The number of aryl methyl sites for hydroxylation is 1. The highest BCUT2D eigenvalue weighted by molar-refractivity contribution is 5.80. The number of likely N-dealkylation sites (N-methyl/N-ethyl adjacent to an activating group) is 1. The van der Waals surface area contributed by atoms with Gasteiger partial charge in [0.2, 0.25) is 0 Å². The monoisotopic (exact) mass is 276 g/mol. The van der Waals surface area contributed by atoms with Crippen molar-refractivity contribution in [3.63, 3.8) is 0 Å². The quantitative estimate of drug-likeness (QED) is 0.837. The van der Waals surface area contributed by atoms with Crippen LogP contribution in [0.25, 0.3) is 0 Å². The van der Waals surface area contributed by atoms with Gasteiger partial charge < -0.3 is 15.4 Å². The maximum Gasteiger partial charge on any atom is 0.260 e. The SMILES string of the molecule is CCNC(=O)C(C)Oc1ccc2c(c1)CCC2NCC. The maximum absolute atomic E-state index is 11.7. The van der Waals surface area contributed by atoms with Gasteiger partial charge in [0.05, 0.1) is 0 Å². The van der Waals surface area contributed by atoms with E-state index in [0.29, 0.717) is 12.6 Å². The standard InChI is InChI=1S/C16H24N2O2/c1-4-17-15-9-6-12-10-13(7-8-14(12)15)20-11(3)16(19)18-5-2/h7-8,10-11,15,17H,4-6,9H2,1-3H3,(H,18,19). The molecule has 0 radical (unpaired) electrons. The molecule has 0 aromatic heterocycles. The van der Waals surface area contributed by atoms with Crippen LogP contribution in [0.4, 0.5) is 0 Å². The molecule has 0 spiro atoms. The van der Waals surface area contributed by atoms with Gasteiger partial charge in [-0.1, -0.05) is 13.0 Å². The first-order valence-corrected chi connectivity index (χ1v) is 7.46. The third-order valence-corrected chi connectivity index (χ3v) is 3.68. The first-order chi connectivity index (χ1) is 9.65. The maximum atomic E-state index is 11.7. The fourth-order valence-corrected chi connectivity index (χ4v) is 2.70. The van der Waals surface area contributed by atoms with Crippen LogP contribution < -0.4 is 15.4 Å². The number of hydrogen-bond donors (Lipinski definition) is 2. The molecule has 0 aliphatic heterocycles. The molecule has 2 N–H and O–H groups in total. The molecule has 2 unspecified atom stereocenters. The minimum absolute atomic E-state index is 0.0708. The Kier molecular flexibility index (Phi) is 5.01. The van der Waals surface area contributed by atoms with Gasteiger partial charge in [-0.25, -0.2) is 0 Å². The van der Waals surface area contributed by atoms with Crippen molar-refractivity contribution in [3.05, 3.63) is 29.3 Å². The van der Waals surface area contributed by atoms with Gasteiger partial charge in [0.15, 0.2) is 6.10 Å². The van der Waals surface area contributed by atoms with Gasteiger partial charge in [-0.2, -0.15) is 0 Å². The van der Waals surface area contributed by atoms with Crippen LogP contribution in [0, 0.1) is 0 Å². The number of ether oxygens (including phenoxy) is 1. The first kappa shape index (κ1) is 14.9. The second-order valence-corrected chi connectivity index (χ2v) is 5.16. The molecular weight excluding hydrogens is 252 g/mol. The summed E-state index contributed by atoms with van der Waals surface area (Å²) in [5.41, 5.74) is 2.70. The molecule has 0 bridgehead atoms. The zero-order valence-corrected chi connectivity index (χ0v) is 12.5. The van der Waals surface area contributed by atoms with Crippen molar-refractivity contribution in [2.24, 2.45) is 0 Å². The molecule has 1 amide bonds. The van der Waals surface area contributed by atoms with E-state index in [-0.39, 0.29) is 5.91 Å². The highest BCUT2D eigenvalue weighted by atomic mass is 16.5. The molecule has 20 heavy (non-hydrogen) atoms. The van der Waals surface area contributed by atoms with Crippen LogP contribution in [0.1, 0.15) is 44.4 Å². The van der Waals surface area contributed by atoms with Crippen LogP contribution in [0.5, 0.6) is 5.75 Å². The van der Waals surface area contributed by atoms with Crippen molar-refractivity contribution in [2.45, 2.75) is 45.8 Å². The fraction of sp³-hybridized carbons (Fsp3) is 0.562. The van der Waals surface area contributed by atoms with Crippen LogP contribution in [0.3, 0.4) is 0 Å². The second kappa shape index (κ2) is 6.75. The van der Waals surface area contributed by atoms with E-state index in [2.05, 4.69) is 29.7 Å². The third kappa shape index (κ3) is 3.31. The van der Waals surface area contributed by atoms with E-state index in [0.717, 1.165) is 25.1 Å². The topological polar surface area (TPSA) is 50.4 Å². The Morgan fingerprint density at radius 3 is 2.90 bits per heavy atom. The highest BCUT2D eigenvalue weighted by Gasteiger charge is 2.22. The summed E-state index contributed by atoms with van der Waals surface area (Å²) in [4.78, 5) is 11.7. The number of rotatable bonds is 6. The molecular formula is C16H24N2O2. The average molecular weight is 276 g/mol. The van der Waals surface area contributed by atoms with E-state index in [9.17, 15) is 4.79 Å². The number of nitrogens with one attached hydrogen (secondary N) is 2. The summed E-state index contributed by atoms with van der Waals surface area (Å²) >= 11 is 0. The second-order valence-electron chi connectivity index (χ2n) is 5.16. The van der Waals surface area contributed by atoms with Gasteiger partial charge in [-0.05, 0) is 56.5 Å². The van der Waals surface area contributed by atoms with Gasteiger partial charge >= 0.3 is 0 Å². The summed E-state index contributed by atoms with van der Waals surface area (Å²) in [7, 11) is 0. The molecule has 2 rings (SSSR count). The molecule has 0 saturated carbocycles. The Morgan fingerprint density at radius 1 is 1.40 bits per heavy atom. The van der Waals surface area contributed by atoms with Crippen molar-refractivity contribution in [3.8, 4) is 5.75 Å². The van der Waals surface area contributed by atoms with E-state index in [4.69, 9.17) is 4.74 Å². The van der Waals surface area contributed by atoms with Gasteiger partial charge in [0.25, 0.3) is 5.91 Å². The Morgan fingerprint density at radius 2 is 2.20 bits per heavy atom. The normalized spacial score (nSPS) is 18.4. The molecule has 4 nitrogen and oxygen atoms in total. The van der Waals surface area contributed by atoms with Crippen molar-refractivity contribution >= 4 is 5.91 Å². The van der Waals surface area contributed by atoms with Crippen molar-refractivity contribution < 1.29 is 9.53 Å². The number of carbonyl (C=O) groups is 1. The van der Waals surface area contributed by atoms with Gasteiger partial charge in [0.1, 0.15) is 5.75 Å². The van der Waals surface area contributed by atoms with Crippen LogP contribution in [0.15, 0.2) is 18.2 Å². The Labute approximate surface area is 120 Å². The third-order valence-electron chi connectivity index (χ3n) is 3.68. The molecule has 0 fully saturated rings. The predicted octanol–water partition coefficient (Wildman–Crippen LogP) is 2.19. The molecule has 1 aromatic rings. The minimum atomic E-state index is -0.459. The highest BCUT2D eigenvalue weighted by Crippen LogP contribution is 2.33. The summed E-state index contributed by atoms with van der Waals surface area (Å²) in [5, 5.41) is 6.26. The van der Waals surface area contributed by atoms with E-state index < -0.39 is 6.10 Å². The summed E-state index contributed by atoms with van der Waals surface area (Å²) in [5.74, 6) is 0.707. The lowest BCUT2D eigenvalue weighted by Crippen LogP contribution is -2.36. The van der Waals surface area contributed by atoms with Gasteiger partial charge in [-0.15, -0.1) is 0 Å². The lowest BCUT2D eigenvalue weighted by Gasteiger charge is -2.16. The number of fused-ring (bicyclic) bond motifs is 1. The molecule has 1 aliphatic carbocycles.